The molecule has 9 heteroatoms. The van der Waals surface area contributed by atoms with E-state index in [0.717, 1.165) is 66.8 Å². The Labute approximate surface area is 219 Å². The second-order valence-electron chi connectivity index (χ2n) is 10.1. The van der Waals surface area contributed by atoms with Gasteiger partial charge in [0, 0.05) is 25.3 Å². The van der Waals surface area contributed by atoms with Crippen molar-refractivity contribution in [3.63, 3.8) is 0 Å². The first-order chi connectivity index (χ1) is 18.0. The molecule has 1 amide bonds. The molecule has 6 rings (SSSR count). The fourth-order valence-electron chi connectivity index (χ4n) is 5.67. The number of carbonyl (C=O) groups excluding carboxylic acids is 1. The molecule has 0 bridgehead atoms. The maximum absolute atomic E-state index is 13.7. The summed E-state index contributed by atoms with van der Waals surface area (Å²) in [6, 6.07) is 11.8. The van der Waals surface area contributed by atoms with E-state index in [9.17, 15) is 9.59 Å². The van der Waals surface area contributed by atoms with Crippen molar-refractivity contribution in [2.24, 2.45) is 5.92 Å². The molecule has 0 saturated heterocycles. The predicted molar refractivity (Wildman–Crippen MR) is 145 cm³/mol. The minimum atomic E-state index is -0.131. The lowest BCUT2D eigenvalue weighted by Gasteiger charge is -2.29. The van der Waals surface area contributed by atoms with E-state index in [1.807, 2.05) is 35.8 Å². The summed E-state index contributed by atoms with van der Waals surface area (Å²) in [6.45, 7) is 3.34. The number of halogens is 1. The second kappa shape index (κ2) is 9.67. The number of anilines is 1. The number of benzene rings is 1. The number of rotatable bonds is 5. The monoisotopic (exact) mass is 516 g/mol. The third-order valence-corrected chi connectivity index (χ3v) is 7.86. The van der Waals surface area contributed by atoms with E-state index in [1.165, 1.54) is 0 Å². The first kappa shape index (κ1) is 23.7. The first-order valence-corrected chi connectivity index (χ1v) is 13.2. The third-order valence-electron chi connectivity index (χ3n) is 7.65. The summed E-state index contributed by atoms with van der Waals surface area (Å²) in [4.78, 5) is 35.2. The van der Waals surface area contributed by atoms with Gasteiger partial charge in [0.05, 0.1) is 39.2 Å². The van der Waals surface area contributed by atoms with Crippen LogP contribution in [0.15, 0.2) is 53.6 Å². The van der Waals surface area contributed by atoms with Gasteiger partial charge < -0.3 is 10.6 Å². The average Bonchev–Trinajstić information content (AvgIpc) is 3.48. The number of nitrogens with one attached hydrogen (secondary N) is 2. The number of imidazole rings is 1. The Kier molecular flexibility index (Phi) is 6.20. The number of para-hydroxylation sites is 2. The van der Waals surface area contributed by atoms with Crippen LogP contribution in [0.1, 0.15) is 47.3 Å². The van der Waals surface area contributed by atoms with E-state index in [1.54, 1.807) is 23.0 Å². The lowest BCUT2D eigenvalue weighted by Crippen LogP contribution is -2.39. The van der Waals surface area contributed by atoms with Crippen LogP contribution in [0.5, 0.6) is 0 Å². The van der Waals surface area contributed by atoms with E-state index < -0.39 is 0 Å². The van der Waals surface area contributed by atoms with Crippen LogP contribution in [0.4, 0.5) is 5.82 Å². The smallest absolute Gasteiger partial charge is 0.333 e. The van der Waals surface area contributed by atoms with Gasteiger partial charge in [-0.3, -0.25) is 18.9 Å². The number of amides is 1. The van der Waals surface area contributed by atoms with Crippen LogP contribution in [-0.2, 0) is 13.0 Å². The van der Waals surface area contributed by atoms with Crippen molar-refractivity contribution in [2.75, 3.05) is 11.9 Å². The number of fused-ring (bicyclic) bond motifs is 2. The Morgan fingerprint density at radius 3 is 2.70 bits per heavy atom. The third kappa shape index (κ3) is 4.50. The Balaban J connectivity index is 1.19. The van der Waals surface area contributed by atoms with Crippen molar-refractivity contribution in [1.82, 2.24) is 24.4 Å². The highest BCUT2D eigenvalue weighted by atomic mass is 35.5. The van der Waals surface area contributed by atoms with Gasteiger partial charge in [-0.2, -0.15) is 0 Å². The number of hydrogen-bond donors (Lipinski definition) is 2. The van der Waals surface area contributed by atoms with Gasteiger partial charge in [-0.25, -0.2) is 9.78 Å². The lowest BCUT2D eigenvalue weighted by atomic mass is 9.85. The number of pyridine rings is 2. The molecule has 2 N–H and O–H groups in total. The highest BCUT2D eigenvalue weighted by molar-refractivity contribution is 6.30. The van der Waals surface area contributed by atoms with Crippen LogP contribution in [-0.4, -0.2) is 37.6 Å². The quantitative estimate of drug-likeness (QED) is 0.407. The SMILES string of the molecule is Cc1ncc(Cl)cc1C(=O)NC1CCC(Cn2c(=O)n(-c3cnc4c(c3)CCN4)c3ccccc32)CC1. The van der Waals surface area contributed by atoms with Crippen LogP contribution in [0.2, 0.25) is 5.02 Å². The molecule has 1 aliphatic carbocycles. The molecule has 4 heterocycles. The van der Waals surface area contributed by atoms with Crippen molar-refractivity contribution >= 4 is 34.4 Å². The summed E-state index contributed by atoms with van der Waals surface area (Å²) in [7, 11) is 0. The van der Waals surface area contributed by atoms with Crippen LogP contribution in [0.25, 0.3) is 16.7 Å². The van der Waals surface area contributed by atoms with Gasteiger partial charge in [0.25, 0.3) is 5.91 Å². The second-order valence-corrected chi connectivity index (χ2v) is 10.5. The molecule has 3 aromatic heterocycles. The van der Waals surface area contributed by atoms with Gasteiger partial charge in [0.1, 0.15) is 5.82 Å². The summed E-state index contributed by atoms with van der Waals surface area (Å²) >= 11 is 6.04. The molecule has 8 nitrogen and oxygen atoms in total. The number of hydrogen-bond acceptors (Lipinski definition) is 5. The summed E-state index contributed by atoms with van der Waals surface area (Å²) in [6.07, 6.45) is 7.87. The van der Waals surface area contributed by atoms with Gasteiger partial charge in [-0.05, 0) is 74.8 Å². The number of aromatic nitrogens is 4. The number of carbonyl (C=O) groups is 1. The first-order valence-electron chi connectivity index (χ1n) is 12.8. The molecule has 190 valence electrons. The van der Waals surface area contributed by atoms with Crippen LogP contribution >= 0.6 is 11.6 Å². The molecule has 1 fully saturated rings. The van der Waals surface area contributed by atoms with E-state index >= 15 is 0 Å². The zero-order chi connectivity index (χ0) is 25.5. The van der Waals surface area contributed by atoms with Gasteiger partial charge >= 0.3 is 5.69 Å². The van der Waals surface area contributed by atoms with E-state index in [4.69, 9.17) is 11.6 Å². The Bertz CT molecular complexity index is 1550. The summed E-state index contributed by atoms with van der Waals surface area (Å²) in [5.41, 5.74) is 4.93. The molecular formula is C28H29ClN6O2. The zero-order valence-corrected chi connectivity index (χ0v) is 21.5. The Hall–Kier alpha value is -3.65. The number of nitrogens with zero attached hydrogens (tertiary/aromatic N) is 4. The van der Waals surface area contributed by atoms with Gasteiger partial charge in [0.15, 0.2) is 0 Å². The predicted octanol–water partition coefficient (Wildman–Crippen LogP) is 4.50. The molecule has 1 saturated carbocycles. The number of aryl methyl sites for hydroxylation is 1. The van der Waals surface area contributed by atoms with Crippen molar-refractivity contribution < 1.29 is 4.79 Å². The zero-order valence-electron chi connectivity index (χ0n) is 20.7. The van der Waals surface area contributed by atoms with Crippen molar-refractivity contribution in [2.45, 2.75) is 51.6 Å². The topological polar surface area (TPSA) is 93.8 Å². The van der Waals surface area contributed by atoms with Crippen molar-refractivity contribution in [1.29, 1.82) is 0 Å². The molecule has 0 spiro atoms. The van der Waals surface area contributed by atoms with Crippen LogP contribution in [0.3, 0.4) is 0 Å². The van der Waals surface area contributed by atoms with Crippen LogP contribution < -0.4 is 16.3 Å². The molecular weight excluding hydrogens is 488 g/mol. The fourth-order valence-corrected chi connectivity index (χ4v) is 5.83. The summed E-state index contributed by atoms with van der Waals surface area (Å²) in [5.74, 6) is 1.14. The Morgan fingerprint density at radius 2 is 1.89 bits per heavy atom. The van der Waals surface area contributed by atoms with Crippen molar-refractivity contribution in [3.05, 3.63) is 81.1 Å². The van der Waals surface area contributed by atoms with E-state index in [-0.39, 0.29) is 17.6 Å². The van der Waals surface area contributed by atoms with Crippen LogP contribution in [0, 0.1) is 12.8 Å². The van der Waals surface area contributed by atoms with E-state index in [0.29, 0.717) is 28.7 Å². The lowest BCUT2D eigenvalue weighted by molar-refractivity contribution is 0.0919. The highest BCUT2D eigenvalue weighted by Gasteiger charge is 2.26. The van der Waals surface area contributed by atoms with Crippen molar-refractivity contribution in [3.8, 4) is 5.69 Å². The molecule has 37 heavy (non-hydrogen) atoms. The molecule has 1 aromatic carbocycles. The maximum atomic E-state index is 13.7. The van der Waals surface area contributed by atoms with Gasteiger partial charge in [-0.15, -0.1) is 0 Å². The standard InChI is InChI=1S/C28H29ClN6O2/c1-17-23(13-20(29)14-31-17)27(36)33-21-8-6-18(7-9-21)16-34-24-4-2-3-5-25(24)35(28(34)37)22-12-19-10-11-30-26(19)32-15-22/h2-5,12-15,18,21H,6-11,16H2,1H3,(H,30,32)(H,33,36). The van der Waals surface area contributed by atoms with Gasteiger partial charge in [0.2, 0.25) is 0 Å². The molecule has 4 aromatic rings. The minimum Gasteiger partial charge on any atom is -0.370 e. The molecule has 0 unspecified atom stereocenters. The molecule has 0 atom stereocenters. The molecule has 2 aliphatic rings. The summed E-state index contributed by atoms with van der Waals surface area (Å²) < 4.78 is 3.69. The molecule has 1 aliphatic heterocycles. The highest BCUT2D eigenvalue weighted by Crippen LogP contribution is 2.28. The minimum absolute atomic E-state index is 0.0340. The Morgan fingerprint density at radius 1 is 1.11 bits per heavy atom. The largest absolute Gasteiger partial charge is 0.370 e. The molecule has 0 radical (unpaired) electrons. The summed E-state index contributed by atoms with van der Waals surface area (Å²) in [5, 5.41) is 6.89. The average molecular weight is 517 g/mol. The van der Waals surface area contributed by atoms with Gasteiger partial charge in [-0.1, -0.05) is 23.7 Å². The maximum Gasteiger partial charge on any atom is 0.333 e. The normalized spacial score (nSPS) is 19.0. The fraction of sp³-hybridized carbons (Fsp3) is 0.357. The van der Waals surface area contributed by atoms with E-state index in [2.05, 4.69) is 26.7 Å².